The molecule has 3 N–H and O–H groups in total. The summed E-state index contributed by atoms with van der Waals surface area (Å²) in [6.45, 7) is 3.59. The van der Waals surface area contributed by atoms with Gasteiger partial charge in [0.05, 0.1) is 0 Å². The fraction of sp³-hybridized carbons (Fsp3) is 0.533. The van der Waals surface area contributed by atoms with Crippen LogP contribution in [0.2, 0.25) is 0 Å². The van der Waals surface area contributed by atoms with Crippen LogP contribution < -0.4 is 11.1 Å². The summed E-state index contributed by atoms with van der Waals surface area (Å²) in [5, 5.41) is 3.30. The lowest BCUT2D eigenvalue weighted by molar-refractivity contribution is -0.123. The van der Waals surface area contributed by atoms with Gasteiger partial charge in [0.1, 0.15) is 6.04 Å². The predicted molar refractivity (Wildman–Crippen MR) is 74.8 cm³/mol. The molecular weight excluding hydrogens is 238 g/mol. The molecule has 2 aliphatic rings. The van der Waals surface area contributed by atoms with Gasteiger partial charge >= 0.3 is 0 Å². The van der Waals surface area contributed by atoms with Gasteiger partial charge in [-0.3, -0.25) is 9.69 Å². The Labute approximate surface area is 114 Å². The molecule has 19 heavy (non-hydrogen) atoms. The summed E-state index contributed by atoms with van der Waals surface area (Å²) >= 11 is 0. The van der Waals surface area contributed by atoms with Crippen LogP contribution in [-0.2, 0) is 4.79 Å². The van der Waals surface area contributed by atoms with Gasteiger partial charge in [-0.15, -0.1) is 0 Å². The molecule has 2 fully saturated rings. The van der Waals surface area contributed by atoms with Crippen molar-refractivity contribution in [2.75, 3.05) is 26.2 Å². The Balaban J connectivity index is 1.79. The first-order chi connectivity index (χ1) is 9.25. The molecule has 1 aromatic rings. The average molecular weight is 259 g/mol. The topological polar surface area (TPSA) is 58.4 Å². The third-order valence-electron chi connectivity index (χ3n) is 4.09. The molecule has 3 rings (SSSR count). The molecule has 1 unspecified atom stereocenters. The standard InChI is InChI=1S/C15H21N3O/c16-15(19)14(18-9-7-17-8-10-18)13-5-3-12(4-6-13)11-1-2-11/h3-6,11,14,17H,1-2,7-10H2,(H2,16,19). The molecule has 1 atom stereocenters. The molecule has 1 saturated heterocycles. The molecule has 1 aliphatic heterocycles. The van der Waals surface area contributed by atoms with Crippen molar-refractivity contribution in [3.63, 3.8) is 0 Å². The largest absolute Gasteiger partial charge is 0.368 e. The van der Waals surface area contributed by atoms with Gasteiger partial charge in [0.2, 0.25) is 5.91 Å². The highest BCUT2D eigenvalue weighted by atomic mass is 16.1. The van der Waals surface area contributed by atoms with Crippen LogP contribution in [0.15, 0.2) is 24.3 Å². The van der Waals surface area contributed by atoms with Gasteiger partial charge in [-0.2, -0.15) is 0 Å². The summed E-state index contributed by atoms with van der Waals surface area (Å²) in [5.41, 5.74) is 8.03. The second-order valence-corrected chi connectivity index (χ2v) is 5.53. The van der Waals surface area contributed by atoms with Crippen molar-refractivity contribution >= 4 is 5.91 Å². The molecular formula is C15H21N3O. The number of amides is 1. The first kappa shape index (κ1) is 12.6. The normalized spacial score (nSPS) is 22.1. The second kappa shape index (κ2) is 5.31. The quantitative estimate of drug-likeness (QED) is 0.848. The molecule has 1 amide bonds. The van der Waals surface area contributed by atoms with E-state index in [2.05, 4.69) is 34.5 Å². The van der Waals surface area contributed by atoms with Gasteiger partial charge < -0.3 is 11.1 Å². The highest BCUT2D eigenvalue weighted by molar-refractivity contribution is 5.81. The summed E-state index contributed by atoms with van der Waals surface area (Å²) < 4.78 is 0. The first-order valence-corrected chi connectivity index (χ1v) is 7.09. The number of nitrogens with zero attached hydrogens (tertiary/aromatic N) is 1. The molecule has 1 aliphatic carbocycles. The maximum Gasteiger partial charge on any atom is 0.239 e. The molecule has 0 aromatic heterocycles. The smallest absolute Gasteiger partial charge is 0.239 e. The predicted octanol–water partition coefficient (Wildman–Crippen LogP) is 0.996. The number of primary amides is 1. The minimum absolute atomic E-state index is 0.249. The lowest BCUT2D eigenvalue weighted by atomic mass is 10.0. The van der Waals surface area contributed by atoms with Gasteiger partial charge in [-0.05, 0) is 29.9 Å². The zero-order chi connectivity index (χ0) is 13.2. The highest BCUT2D eigenvalue weighted by Gasteiger charge is 2.28. The van der Waals surface area contributed by atoms with E-state index in [0.29, 0.717) is 0 Å². The summed E-state index contributed by atoms with van der Waals surface area (Å²) in [6.07, 6.45) is 2.60. The number of nitrogens with one attached hydrogen (secondary N) is 1. The molecule has 4 nitrogen and oxygen atoms in total. The van der Waals surface area contributed by atoms with E-state index < -0.39 is 0 Å². The maximum atomic E-state index is 11.8. The van der Waals surface area contributed by atoms with Crippen molar-refractivity contribution in [2.24, 2.45) is 5.73 Å². The van der Waals surface area contributed by atoms with Gasteiger partial charge in [-0.1, -0.05) is 24.3 Å². The van der Waals surface area contributed by atoms with E-state index >= 15 is 0 Å². The Morgan fingerprint density at radius 1 is 1.21 bits per heavy atom. The number of nitrogens with two attached hydrogens (primary N) is 1. The Morgan fingerprint density at radius 3 is 2.37 bits per heavy atom. The number of rotatable bonds is 4. The number of hydrogen-bond donors (Lipinski definition) is 2. The van der Waals surface area contributed by atoms with Crippen LogP contribution in [0, 0.1) is 0 Å². The highest BCUT2D eigenvalue weighted by Crippen LogP contribution is 2.40. The SMILES string of the molecule is NC(=O)C(c1ccc(C2CC2)cc1)N1CCNCC1. The van der Waals surface area contributed by atoms with Gasteiger partial charge in [-0.25, -0.2) is 0 Å². The summed E-state index contributed by atoms with van der Waals surface area (Å²) in [4.78, 5) is 14.0. The Morgan fingerprint density at radius 2 is 1.84 bits per heavy atom. The Hall–Kier alpha value is -1.39. The van der Waals surface area contributed by atoms with Crippen LogP contribution >= 0.6 is 0 Å². The van der Waals surface area contributed by atoms with Gasteiger partial charge in [0.15, 0.2) is 0 Å². The van der Waals surface area contributed by atoms with Crippen molar-refractivity contribution in [2.45, 2.75) is 24.8 Å². The molecule has 4 heteroatoms. The third kappa shape index (κ3) is 2.80. The van der Waals surface area contributed by atoms with Crippen LogP contribution in [-0.4, -0.2) is 37.0 Å². The Kier molecular flexibility index (Phi) is 3.53. The number of hydrogen-bond acceptors (Lipinski definition) is 3. The Bertz CT molecular complexity index is 447. The van der Waals surface area contributed by atoms with E-state index in [1.165, 1.54) is 18.4 Å². The fourth-order valence-electron chi connectivity index (χ4n) is 2.86. The summed E-state index contributed by atoms with van der Waals surface area (Å²) in [7, 11) is 0. The van der Waals surface area contributed by atoms with E-state index in [0.717, 1.165) is 37.7 Å². The van der Waals surface area contributed by atoms with Crippen LogP contribution in [0.3, 0.4) is 0 Å². The van der Waals surface area contributed by atoms with Crippen molar-refractivity contribution < 1.29 is 4.79 Å². The maximum absolute atomic E-state index is 11.8. The lowest BCUT2D eigenvalue weighted by Crippen LogP contribution is -2.48. The van der Waals surface area contributed by atoms with Crippen molar-refractivity contribution in [1.82, 2.24) is 10.2 Å². The number of carbonyl (C=O) groups is 1. The van der Waals surface area contributed by atoms with Crippen molar-refractivity contribution in [3.8, 4) is 0 Å². The molecule has 1 heterocycles. The molecule has 1 saturated carbocycles. The zero-order valence-electron chi connectivity index (χ0n) is 11.1. The number of piperazine rings is 1. The van der Waals surface area contributed by atoms with Crippen LogP contribution in [0.25, 0.3) is 0 Å². The minimum atomic E-state index is -0.282. The third-order valence-corrected chi connectivity index (χ3v) is 4.09. The van der Waals surface area contributed by atoms with Crippen LogP contribution in [0.5, 0.6) is 0 Å². The fourth-order valence-corrected chi connectivity index (χ4v) is 2.86. The summed E-state index contributed by atoms with van der Waals surface area (Å²) in [6, 6.07) is 8.18. The molecule has 1 aromatic carbocycles. The van der Waals surface area contributed by atoms with E-state index in [9.17, 15) is 4.79 Å². The molecule has 0 spiro atoms. The van der Waals surface area contributed by atoms with Gasteiger partial charge in [0.25, 0.3) is 0 Å². The summed E-state index contributed by atoms with van der Waals surface area (Å²) in [5.74, 6) is 0.501. The number of carbonyl (C=O) groups excluding carboxylic acids is 1. The van der Waals surface area contributed by atoms with E-state index in [1.54, 1.807) is 0 Å². The number of benzene rings is 1. The first-order valence-electron chi connectivity index (χ1n) is 7.09. The van der Waals surface area contributed by atoms with E-state index in [1.807, 2.05) is 0 Å². The molecule has 0 bridgehead atoms. The lowest BCUT2D eigenvalue weighted by Gasteiger charge is -2.33. The molecule has 102 valence electrons. The zero-order valence-corrected chi connectivity index (χ0v) is 11.1. The van der Waals surface area contributed by atoms with Crippen molar-refractivity contribution in [1.29, 1.82) is 0 Å². The average Bonchev–Trinajstić information content (AvgIpc) is 3.25. The van der Waals surface area contributed by atoms with E-state index in [4.69, 9.17) is 5.73 Å². The second-order valence-electron chi connectivity index (χ2n) is 5.53. The minimum Gasteiger partial charge on any atom is -0.368 e. The van der Waals surface area contributed by atoms with Crippen molar-refractivity contribution in [3.05, 3.63) is 35.4 Å². The monoisotopic (exact) mass is 259 g/mol. The molecule has 0 radical (unpaired) electrons. The van der Waals surface area contributed by atoms with Gasteiger partial charge in [0, 0.05) is 26.2 Å². The van der Waals surface area contributed by atoms with Crippen LogP contribution in [0.4, 0.5) is 0 Å². The van der Waals surface area contributed by atoms with Crippen LogP contribution in [0.1, 0.15) is 35.9 Å². The van der Waals surface area contributed by atoms with E-state index in [-0.39, 0.29) is 11.9 Å².